The molecule has 0 aliphatic rings. The summed E-state index contributed by atoms with van der Waals surface area (Å²) in [5, 5.41) is 0. The van der Waals surface area contributed by atoms with Crippen molar-refractivity contribution >= 4 is 11.0 Å². The number of para-hydroxylation sites is 2. The standard InChI is InChI=1S/C13H15FN2O/c1-9(2)8-16-12-7-5-4-6-11(12)15-13(16)10(3)17-14/h4-7,10H,1,8H2,2-3H3. The molecule has 0 saturated carbocycles. The van der Waals surface area contributed by atoms with Crippen LogP contribution in [0, 0.1) is 0 Å². The first-order chi connectivity index (χ1) is 8.13. The average Bonchev–Trinajstić information content (AvgIpc) is 2.67. The molecule has 0 N–H and O–H groups in total. The van der Waals surface area contributed by atoms with Gasteiger partial charge in [-0.1, -0.05) is 24.3 Å². The molecular weight excluding hydrogens is 219 g/mol. The van der Waals surface area contributed by atoms with Crippen LogP contribution >= 0.6 is 0 Å². The number of fused-ring (bicyclic) bond motifs is 1. The zero-order valence-electron chi connectivity index (χ0n) is 9.98. The topological polar surface area (TPSA) is 27.1 Å². The normalized spacial score (nSPS) is 12.9. The molecule has 17 heavy (non-hydrogen) atoms. The zero-order valence-corrected chi connectivity index (χ0v) is 9.98. The summed E-state index contributed by atoms with van der Waals surface area (Å²) in [7, 11) is 0. The van der Waals surface area contributed by atoms with Crippen LogP contribution in [0.4, 0.5) is 4.53 Å². The van der Waals surface area contributed by atoms with Crippen molar-refractivity contribution in [1.29, 1.82) is 0 Å². The second-order valence-electron chi connectivity index (χ2n) is 4.23. The molecule has 4 heteroatoms. The summed E-state index contributed by atoms with van der Waals surface area (Å²) >= 11 is 0. The molecule has 0 aliphatic heterocycles. The lowest BCUT2D eigenvalue weighted by Crippen LogP contribution is -2.08. The lowest BCUT2D eigenvalue weighted by atomic mass is 10.3. The van der Waals surface area contributed by atoms with E-state index < -0.39 is 6.10 Å². The van der Waals surface area contributed by atoms with Crippen molar-refractivity contribution in [1.82, 2.24) is 9.55 Å². The van der Waals surface area contributed by atoms with Crippen molar-refractivity contribution in [3.63, 3.8) is 0 Å². The quantitative estimate of drug-likeness (QED) is 0.756. The van der Waals surface area contributed by atoms with E-state index in [0.717, 1.165) is 16.6 Å². The molecule has 1 aromatic carbocycles. The Morgan fingerprint density at radius 1 is 1.53 bits per heavy atom. The number of hydrogen-bond donors (Lipinski definition) is 0. The predicted molar refractivity (Wildman–Crippen MR) is 65.2 cm³/mol. The molecule has 2 rings (SSSR count). The summed E-state index contributed by atoms with van der Waals surface area (Å²) in [6.45, 7) is 8.06. The van der Waals surface area contributed by atoms with E-state index in [4.69, 9.17) is 0 Å². The Balaban J connectivity index is 2.60. The van der Waals surface area contributed by atoms with Crippen LogP contribution in [0.2, 0.25) is 0 Å². The van der Waals surface area contributed by atoms with Gasteiger partial charge in [-0.2, -0.15) is 4.94 Å². The third kappa shape index (κ3) is 2.22. The van der Waals surface area contributed by atoms with Crippen molar-refractivity contribution < 1.29 is 9.47 Å². The van der Waals surface area contributed by atoms with Crippen LogP contribution in [0.3, 0.4) is 0 Å². The second-order valence-corrected chi connectivity index (χ2v) is 4.23. The van der Waals surface area contributed by atoms with Crippen LogP contribution in [0.15, 0.2) is 36.4 Å². The molecule has 0 spiro atoms. The predicted octanol–water partition coefficient (Wildman–Crippen LogP) is 3.57. The third-order valence-corrected chi connectivity index (χ3v) is 2.61. The zero-order chi connectivity index (χ0) is 12.4. The summed E-state index contributed by atoms with van der Waals surface area (Å²) in [6, 6.07) is 7.70. The summed E-state index contributed by atoms with van der Waals surface area (Å²) in [6.07, 6.45) is -0.679. The van der Waals surface area contributed by atoms with E-state index in [1.807, 2.05) is 35.8 Å². The molecule has 0 bridgehead atoms. The molecule has 1 aromatic heterocycles. The van der Waals surface area contributed by atoms with Gasteiger partial charge in [0.05, 0.1) is 11.0 Å². The number of hydrogen-bond acceptors (Lipinski definition) is 2. The number of benzene rings is 1. The maximum absolute atomic E-state index is 12.3. The molecule has 0 saturated heterocycles. The number of aromatic nitrogens is 2. The fourth-order valence-corrected chi connectivity index (χ4v) is 1.88. The summed E-state index contributed by atoms with van der Waals surface area (Å²) < 4.78 is 14.3. The van der Waals surface area contributed by atoms with Gasteiger partial charge in [-0.15, -0.1) is 0 Å². The van der Waals surface area contributed by atoms with Gasteiger partial charge in [0, 0.05) is 6.54 Å². The second kappa shape index (κ2) is 4.67. The van der Waals surface area contributed by atoms with Gasteiger partial charge in [0.15, 0.2) is 6.10 Å². The van der Waals surface area contributed by atoms with Gasteiger partial charge in [0.2, 0.25) is 0 Å². The first kappa shape index (κ1) is 11.8. The Bertz CT molecular complexity index is 547. The van der Waals surface area contributed by atoms with Crippen molar-refractivity contribution in [2.75, 3.05) is 0 Å². The van der Waals surface area contributed by atoms with Gasteiger partial charge in [-0.25, -0.2) is 4.98 Å². The Hall–Kier alpha value is -1.68. The lowest BCUT2D eigenvalue weighted by molar-refractivity contribution is -0.178. The molecule has 0 radical (unpaired) electrons. The van der Waals surface area contributed by atoms with Crippen molar-refractivity contribution in [2.24, 2.45) is 0 Å². The highest BCUT2D eigenvalue weighted by Crippen LogP contribution is 2.23. The van der Waals surface area contributed by atoms with Crippen LogP contribution in [-0.2, 0) is 11.5 Å². The van der Waals surface area contributed by atoms with E-state index in [1.54, 1.807) is 6.92 Å². The van der Waals surface area contributed by atoms with E-state index in [2.05, 4.69) is 16.5 Å². The third-order valence-electron chi connectivity index (χ3n) is 2.61. The minimum absolute atomic E-state index is 0.580. The highest BCUT2D eigenvalue weighted by Gasteiger charge is 2.17. The minimum Gasteiger partial charge on any atom is -0.322 e. The fraction of sp³-hybridized carbons (Fsp3) is 0.308. The smallest absolute Gasteiger partial charge is 0.153 e. The first-order valence-corrected chi connectivity index (χ1v) is 5.50. The van der Waals surface area contributed by atoms with Gasteiger partial charge in [-0.05, 0) is 30.5 Å². The van der Waals surface area contributed by atoms with Crippen LogP contribution in [0.1, 0.15) is 25.8 Å². The number of allylic oxidation sites excluding steroid dienone is 1. The van der Waals surface area contributed by atoms with Gasteiger partial charge < -0.3 is 4.57 Å². The molecule has 0 aliphatic carbocycles. The minimum atomic E-state index is -0.679. The highest BCUT2D eigenvalue weighted by atomic mass is 19.3. The van der Waals surface area contributed by atoms with E-state index in [-0.39, 0.29) is 0 Å². The number of rotatable bonds is 4. The Morgan fingerprint density at radius 2 is 2.24 bits per heavy atom. The van der Waals surface area contributed by atoms with Gasteiger partial charge in [0.25, 0.3) is 0 Å². The molecule has 1 heterocycles. The van der Waals surface area contributed by atoms with Crippen molar-refractivity contribution in [3.8, 4) is 0 Å². The lowest BCUT2D eigenvalue weighted by Gasteiger charge is -2.11. The van der Waals surface area contributed by atoms with Gasteiger partial charge >= 0.3 is 0 Å². The van der Waals surface area contributed by atoms with Crippen LogP contribution in [0.5, 0.6) is 0 Å². The SMILES string of the molecule is C=C(C)Cn1c(C(C)OF)nc2ccccc21. The molecule has 2 aromatic rings. The Morgan fingerprint density at radius 3 is 2.88 bits per heavy atom. The maximum Gasteiger partial charge on any atom is 0.153 e. The van der Waals surface area contributed by atoms with Gasteiger partial charge in [-0.3, -0.25) is 0 Å². The Kier molecular flexibility index (Phi) is 3.24. The van der Waals surface area contributed by atoms with E-state index in [0.29, 0.717) is 12.4 Å². The monoisotopic (exact) mass is 234 g/mol. The molecule has 0 amide bonds. The summed E-state index contributed by atoms with van der Waals surface area (Å²) in [4.78, 5) is 8.27. The van der Waals surface area contributed by atoms with Crippen LogP contribution < -0.4 is 0 Å². The van der Waals surface area contributed by atoms with Gasteiger partial charge in [0.1, 0.15) is 5.82 Å². The van der Waals surface area contributed by atoms with E-state index in [1.165, 1.54) is 0 Å². The van der Waals surface area contributed by atoms with Crippen molar-refractivity contribution in [2.45, 2.75) is 26.5 Å². The molecule has 3 nitrogen and oxygen atoms in total. The summed E-state index contributed by atoms with van der Waals surface area (Å²) in [5.74, 6) is 0.580. The summed E-state index contributed by atoms with van der Waals surface area (Å²) in [5.41, 5.74) is 2.79. The largest absolute Gasteiger partial charge is 0.322 e. The highest BCUT2D eigenvalue weighted by molar-refractivity contribution is 5.76. The van der Waals surface area contributed by atoms with Crippen LogP contribution in [-0.4, -0.2) is 9.55 Å². The molecule has 0 fully saturated rings. The first-order valence-electron chi connectivity index (χ1n) is 5.50. The van der Waals surface area contributed by atoms with Crippen LogP contribution in [0.25, 0.3) is 11.0 Å². The Labute approximate surface area is 99.4 Å². The van der Waals surface area contributed by atoms with E-state index >= 15 is 0 Å². The molecule has 1 unspecified atom stereocenters. The molecular formula is C13H15FN2O. The fourth-order valence-electron chi connectivity index (χ4n) is 1.88. The molecule has 1 atom stereocenters. The number of halogens is 1. The molecule has 90 valence electrons. The maximum atomic E-state index is 12.3. The average molecular weight is 234 g/mol. The number of imidazole rings is 1. The van der Waals surface area contributed by atoms with Crippen molar-refractivity contribution in [3.05, 3.63) is 42.2 Å². The van der Waals surface area contributed by atoms with E-state index in [9.17, 15) is 4.53 Å². The number of nitrogens with zero attached hydrogens (tertiary/aromatic N) is 2.